The van der Waals surface area contributed by atoms with Crippen LogP contribution in [-0.2, 0) is 9.53 Å². The number of aliphatic carboxylic acids is 1. The first-order chi connectivity index (χ1) is 12.2. The third kappa shape index (κ3) is 4.18. The number of nitrogens with one attached hydrogen (secondary N) is 1. The molecule has 2 aromatic rings. The lowest BCUT2D eigenvalue weighted by atomic mass is 9.80. The average Bonchev–Trinajstić information content (AvgIpc) is 2.66. The summed E-state index contributed by atoms with van der Waals surface area (Å²) in [5, 5.41) is 12.8. The fraction of sp³-hybridized carbons (Fsp3) is 0.350. The van der Waals surface area contributed by atoms with Gasteiger partial charge in [-0.25, -0.2) is 0 Å². The average molecular weight is 341 g/mol. The van der Waals surface area contributed by atoms with Crippen LogP contribution in [0.25, 0.3) is 11.1 Å². The molecule has 0 amide bonds. The van der Waals surface area contributed by atoms with Gasteiger partial charge in [0.1, 0.15) is 5.75 Å². The van der Waals surface area contributed by atoms with E-state index in [4.69, 9.17) is 9.47 Å². The maximum Gasteiger partial charge on any atom is 0.308 e. The molecular formula is C20H23NO4. The molecule has 0 saturated carbocycles. The fourth-order valence-electron chi connectivity index (χ4n) is 3.36. The molecule has 1 fully saturated rings. The molecule has 5 heteroatoms. The summed E-state index contributed by atoms with van der Waals surface area (Å²) in [4.78, 5) is 11.7. The molecule has 2 N–H and O–H groups in total. The van der Waals surface area contributed by atoms with Crippen molar-refractivity contribution in [3.05, 3.63) is 54.1 Å². The summed E-state index contributed by atoms with van der Waals surface area (Å²) in [6.45, 7) is 1.47. The van der Waals surface area contributed by atoms with Crippen LogP contribution >= 0.6 is 0 Å². The third-order valence-electron chi connectivity index (χ3n) is 4.61. The van der Waals surface area contributed by atoms with Crippen molar-refractivity contribution in [2.24, 2.45) is 5.92 Å². The van der Waals surface area contributed by atoms with Gasteiger partial charge in [-0.3, -0.25) is 4.79 Å². The van der Waals surface area contributed by atoms with Gasteiger partial charge >= 0.3 is 5.97 Å². The number of carbonyl (C=O) groups is 1. The van der Waals surface area contributed by atoms with E-state index in [0.717, 1.165) is 29.7 Å². The number of benzene rings is 2. The second kappa shape index (κ2) is 8.14. The number of rotatable bonds is 6. The van der Waals surface area contributed by atoms with Gasteiger partial charge in [0, 0.05) is 13.7 Å². The molecule has 132 valence electrons. The summed E-state index contributed by atoms with van der Waals surface area (Å²) in [5.41, 5.74) is 3.10. The Morgan fingerprint density at radius 1 is 1.20 bits per heavy atom. The lowest BCUT2D eigenvalue weighted by Gasteiger charge is -2.30. The molecule has 0 radical (unpaired) electrons. The van der Waals surface area contributed by atoms with E-state index < -0.39 is 11.9 Å². The predicted molar refractivity (Wildman–Crippen MR) is 95.7 cm³/mol. The Morgan fingerprint density at radius 3 is 2.72 bits per heavy atom. The van der Waals surface area contributed by atoms with Gasteiger partial charge in [-0.1, -0.05) is 36.4 Å². The van der Waals surface area contributed by atoms with Gasteiger partial charge in [0.2, 0.25) is 0 Å². The first-order valence-electron chi connectivity index (χ1n) is 8.44. The van der Waals surface area contributed by atoms with Crippen LogP contribution in [0.15, 0.2) is 48.5 Å². The Balaban J connectivity index is 2.00. The minimum absolute atomic E-state index is 0.0349. The number of hydrogen-bond acceptors (Lipinski definition) is 4. The van der Waals surface area contributed by atoms with Crippen molar-refractivity contribution in [3.8, 4) is 16.9 Å². The highest BCUT2D eigenvalue weighted by atomic mass is 16.7. The second-order valence-corrected chi connectivity index (χ2v) is 6.25. The summed E-state index contributed by atoms with van der Waals surface area (Å²) in [6.07, 6.45) is 0.791. The van der Waals surface area contributed by atoms with Gasteiger partial charge in [-0.2, -0.15) is 0 Å². The lowest BCUT2D eigenvalue weighted by molar-refractivity contribution is -0.142. The topological polar surface area (TPSA) is 67.8 Å². The summed E-state index contributed by atoms with van der Waals surface area (Å²) in [7, 11) is 1.58. The summed E-state index contributed by atoms with van der Waals surface area (Å²) in [6, 6.07) is 16.0. The van der Waals surface area contributed by atoms with Gasteiger partial charge in [-0.15, -0.1) is 0 Å². The van der Waals surface area contributed by atoms with Gasteiger partial charge in [0.25, 0.3) is 0 Å². The van der Waals surface area contributed by atoms with Crippen LogP contribution in [0.5, 0.6) is 5.75 Å². The highest BCUT2D eigenvalue weighted by Gasteiger charge is 2.32. The highest BCUT2D eigenvalue weighted by molar-refractivity contribution is 5.73. The Hall–Kier alpha value is -2.37. The van der Waals surface area contributed by atoms with Crippen LogP contribution in [0.4, 0.5) is 0 Å². The van der Waals surface area contributed by atoms with Crippen molar-refractivity contribution in [1.82, 2.24) is 5.32 Å². The standard InChI is InChI=1S/C20H23NO4/c1-24-13-25-17-10-15(14-5-3-2-4-6-14)9-16(11-17)18-7-8-21-12-19(18)20(22)23/h2-6,9-11,18-19,21H,7-8,12-13H2,1H3,(H,22,23). The normalized spacial score (nSPS) is 20.2. The van der Waals surface area contributed by atoms with E-state index in [1.165, 1.54) is 0 Å². The minimum Gasteiger partial charge on any atom is -0.481 e. The van der Waals surface area contributed by atoms with E-state index >= 15 is 0 Å². The van der Waals surface area contributed by atoms with Crippen molar-refractivity contribution >= 4 is 5.97 Å². The first kappa shape index (κ1) is 17.5. The SMILES string of the molecule is COCOc1cc(-c2ccccc2)cc(C2CCNCC2C(=O)O)c1. The maximum atomic E-state index is 11.7. The van der Waals surface area contributed by atoms with Crippen molar-refractivity contribution < 1.29 is 19.4 Å². The van der Waals surface area contributed by atoms with Crippen LogP contribution in [-0.4, -0.2) is 38.1 Å². The van der Waals surface area contributed by atoms with Crippen molar-refractivity contribution in [2.45, 2.75) is 12.3 Å². The monoisotopic (exact) mass is 341 g/mol. The molecule has 25 heavy (non-hydrogen) atoms. The van der Waals surface area contributed by atoms with E-state index in [1.807, 2.05) is 42.5 Å². The van der Waals surface area contributed by atoms with Crippen molar-refractivity contribution in [2.75, 3.05) is 27.0 Å². The Morgan fingerprint density at radius 2 is 2.00 bits per heavy atom. The molecule has 2 atom stereocenters. The van der Waals surface area contributed by atoms with Gasteiger partial charge in [0.05, 0.1) is 5.92 Å². The van der Waals surface area contributed by atoms with Crippen LogP contribution in [0.1, 0.15) is 17.9 Å². The van der Waals surface area contributed by atoms with Crippen LogP contribution in [0.2, 0.25) is 0 Å². The molecule has 3 rings (SSSR count). The number of methoxy groups -OCH3 is 1. The molecule has 2 aromatic carbocycles. The number of ether oxygens (including phenoxy) is 2. The zero-order chi connectivity index (χ0) is 17.6. The van der Waals surface area contributed by atoms with Crippen LogP contribution in [0, 0.1) is 5.92 Å². The zero-order valence-electron chi connectivity index (χ0n) is 14.3. The van der Waals surface area contributed by atoms with E-state index in [9.17, 15) is 9.90 Å². The Kier molecular flexibility index (Phi) is 5.68. The molecule has 1 aliphatic heterocycles. The summed E-state index contributed by atoms with van der Waals surface area (Å²) in [5.74, 6) is -0.537. The molecule has 1 aliphatic rings. The fourth-order valence-corrected chi connectivity index (χ4v) is 3.36. The predicted octanol–water partition coefficient (Wildman–Crippen LogP) is 3.11. The third-order valence-corrected chi connectivity index (χ3v) is 4.61. The maximum absolute atomic E-state index is 11.7. The van der Waals surface area contributed by atoms with Crippen molar-refractivity contribution in [3.63, 3.8) is 0 Å². The number of carboxylic acid groups (broad SMARTS) is 1. The van der Waals surface area contributed by atoms with E-state index in [-0.39, 0.29) is 12.7 Å². The molecule has 0 bridgehead atoms. The number of piperidine rings is 1. The summed E-state index contributed by atoms with van der Waals surface area (Å²) < 4.78 is 10.7. The van der Waals surface area contributed by atoms with Gasteiger partial charge in [0.15, 0.2) is 6.79 Å². The van der Waals surface area contributed by atoms with E-state index in [1.54, 1.807) is 7.11 Å². The summed E-state index contributed by atoms with van der Waals surface area (Å²) >= 11 is 0. The smallest absolute Gasteiger partial charge is 0.308 e. The largest absolute Gasteiger partial charge is 0.481 e. The molecule has 2 unspecified atom stereocenters. The van der Waals surface area contributed by atoms with E-state index in [0.29, 0.717) is 12.3 Å². The van der Waals surface area contributed by atoms with Crippen LogP contribution < -0.4 is 10.1 Å². The lowest BCUT2D eigenvalue weighted by Crippen LogP contribution is -2.39. The molecule has 0 aliphatic carbocycles. The molecule has 5 nitrogen and oxygen atoms in total. The minimum atomic E-state index is -0.762. The Bertz CT molecular complexity index is 717. The van der Waals surface area contributed by atoms with E-state index in [2.05, 4.69) is 11.4 Å². The number of hydrogen-bond donors (Lipinski definition) is 2. The second-order valence-electron chi connectivity index (χ2n) is 6.25. The highest BCUT2D eigenvalue weighted by Crippen LogP contribution is 2.36. The molecule has 1 saturated heterocycles. The first-order valence-corrected chi connectivity index (χ1v) is 8.44. The molecular weight excluding hydrogens is 318 g/mol. The van der Waals surface area contributed by atoms with Crippen molar-refractivity contribution in [1.29, 1.82) is 0 Å². The Labute approximate surface area is 147 Å². The quantitative estimate of drug-likeness (QED) is 0.790. The zero-order valence-corrected chi connectivity index (χ0v) is 14.3. The van der Waals surface area contributed by atoms with Gasteiger partial charge in [-0.05, 0) is 47.7 Å². The van der Waals surface area contributed by atoms with Crippen LogP contribution in [0.3, 0.4) is 0 Å². The number of carboxylic acids is 1. The molecule has 0 spiro atoms. The molecule has 0 aromatic heterocycles. The molecule has 1 heterocycles. The van der Waals surface area contributed by atoms with Gasteiger partial charge < -0.3 is 19.9 Å².